The highest BCUT2D eigenvalue weighted by atomic mass is 35.5. The second-order valence-electron chi connectivity index (χ2n) is 5.06. The van der Waals surface area contributed by atoms with Crippen LogP contribution in [0.2, 0.25) is 5.02 Å². The van der Waals surface area contributed by atoms with E-state index in [0.29, 0.717) is 30.3 Å². The molecule has 21 heavy (non-hydrogen) atoms. The van der Waals surface area contributed by atoms with Crippen LogP contribution in [0.5, 0.6) is 0 Å². The monoisotopic (exact) mass is 315 g/mol. The summed E-state index contributed by atoms with van der Waals surface area (Å²) in [4.78, 5) is 13.6. The fraction of sp³-hybridized carbons (Fsp3) is 0.533. The molecule has 1 aliphatic rings. The fourth-order valence-electron chi connectivity index (χ4n) is 2.48. The van der Waals surface area contributed by atoms with E-state index in [1.165, 1.54) is 25.3 Å². The van der Waals surface area contributed by atoms with E-state index in [0.717, 1.165) is 12.8 Å². The first kappa shape index (κ1) is 16.2. The van der Waals surface area contributed by atoms with Gasteiger partial charge in [0, 0.05) is 30.8 Å². The molecule has 1 aliphatic heterocycles. The van der Waals surface area contributed by atoms with Gasteiger partial charge in [-0.05, 0) is 36.6 Å². The van der Waals surface area contributed by atoms with E-state index in [4.69, 9.17) is 21.1 Å². The van der Waals surface area contributed by atoms with Crippen molar-refractivity contribution in [1.29, 1.82) is 0 Å². The normalized spacial score (nSPS) is 16.2. The molecule has 2 rings (SSSR count). The topological polar surface area (TPSA) is 38.8 Å². The smallest absolute Gasteiger partial charge is 0.319 e. The van der Waals surface area contributed by atoms with Crippen LogP contribution in [-0.2, 0) is 20.8 Å². The van der Waals surface area contributed by atoms with Crippen molar-refractivity contribution >= 4 is 17.6 Å². The molecule has 6 heteroatoms. The third-order valence-corrected chi connectivity index (χ3v) is 4.02. The maximum Gasteiger partial charge on any atom is 0.319 e. The molecule has 0 aliphatic carbocycles. The number of carbonyl (C=O) groups excluding carboxylic acids is 1. The Labute approximate surface area is 128 Å². The van der Waals surface area contributed by atoms with Crippen LogP contribution in [-0.4, -0.2) is 43.8 Å². The molecule has 0 amide bonds. The molecule has 1 saturated heterocycles. The second kappa shape index (κ2) is 7.73. The molecular formula is C15H19ClFNO3. The largest absolute Gasteiger partial charge is 0.468 e. The Hall–Kier alpha value is -1.17. The number of nitrogens with zero attached hydrogens (tertiary/aromatic N) is 1. The van der Waals surface area contributed by atoms with Gasteiger partial charge in [-0.25, -0.2) is 4.39 Å². The highest BCUT2D eigenvalue weighted by molar-refractivity contribution is 6.31. The average Bonchev–Trinajstić information content (AvgIpc) is 2.51. The number of rotatable bonds is 5. The molecule has 0 spiro atoms. The summed E-state index contributed by atoms with van der Waals surface area (Å²) in [7, 11) is 1.36. The maximum absolute atomic E-state index is 13.4. The first-order valence-electron chi connectivity index (χ1n) is 6.92. The van der Waals surface area contributed by atoms with Crippen molar-refractivity contribution in [2.24, 2.45) is 0 Å². The lowest BCUT2D eigenvalue weighted by molar-refractivity contribution is -0.143. The molecule has 0 radical (unpaired) electrons. The Morgan fingerprint density at radius 2 is 2.19 bits per heavy atom. The van der Waals surface area contributed by atoms with Crippen molar-refractivity contribution in [1.82, 2.24) is 4.90 Å². The van der Waals surface area contributed by atoms with Gasteiger partial charge in [0.05, 0.1) is 13.7 Å². The Kier molecular flexibility index (Phi) is 5.96. The van der Waals surface area contributed by atoms with E-state index >= 15 is 0 Å². The quantitative estimate of drug-likeness (QED) is 0.783. The number of hydrogen-bond donors (Lipinski definition) is 0. The number of carbonyl (C=O) groups is 1. The van der Waals surface area contributed by atoms with Crippen molar-refractivity contribution in [2.75, 3.05) is 26.9 Å². The molecule has 0 saturated carbocycles. The van der Waals surface area contributed by atoms with E-state index in [2.05, 4.69) is 0 Å². The minimum atomic E-state index is -0.334. The van der Waals surface area contributed by atoms with Gasteiger partial charge in [-0.2, -0.15) is 0 Å². The Balaban J connectivity index is 2.13. The zero-order valence-electron chi connectivity index (χ0n) is 12.0. The van der Waals surface area contributed by atoms with E-state index in [1.54, 1.807) is 0 Å². The van der Waals surface area contributed by atoms with Gasteiger partial charge >= 0.3 is 5.97 Å². The highest BCUT2D eigenvalue weighted by Gasteiger charge is 2.24. The number of hydrogen-bond acceptors (Lipinski definition) is 4. The first-order valence-corrected chi connectivity index (χ1v) is 7.30. The predicted octanol–water partition coefficient (Wildman–Crippen LogP) is 2.63. The van der Waals surface area contributed by atoms with Gasteiger partial charge in [-0.3, -0.25) is 9.69 Å². The molecule has 0 atom stereocenters. The Morgan fingerprint density at radius 1 is 1.48 bits per heavy atom. The molecule has 0 unspecified atom stereocenters. The number of ether oxygens (including phenoxy) is 2. The number of esters is 1. The molecule has 1 fully saturated rings. The van der Waals surface area contributed by atoms with Gasteiger partial charge in [0.25, 0.3) is 0 Å². The van der Waals surface area contributed by atoms with Crippen molar-refractivity contribution in [3.63, 3.8) is 0 Å². The van der Waals surface area contributed by atoms with Crippen LogP contribution in [0.15, 0.2) is 18.2 Å². The standard InChI is InChI=1S/C15H19ClFNO3/c1-20-15(19)10-18(13-4-6-21-7-5-13)9-11-8-12(17)2-3-14(11)16/h2-3,8,13H,4-7,9-10H2,1H3. The molecule has 116 valence electrons. The van der Waals surface area contributed by atoms with Gasteiger partial charge in [0.1, 0.15) is 5.82 Å². The molecule has 1 aromatic carbocycles. The molecule has 0 aromatic heterocycles. The highest BCUT2D eigenvalue weighted by Crippen LogP contribution is 2.22. The second-order valence-corrected chi connectivity index (χ2v) is 5.47. The van der Waals surface area contributed by atoms with Crippen molar-refractivity contribution in [3.8, 4) is 0 Å². The fourth-order valence-corrected chi connectivity index (χ4v) is 2.66. The van der Waals surface area contributed by atoms with Crippen molar-refractivity contribution in [3.05, 3.63) is 34.6 Å². The zero-order valence-corrected chi connectivity index (χ0v) is 12.7. The first-order chi connectivity index (χ1) is 10.1. The lowest BCUT2D eigenvalue weighted by Gasteiger charge is -2.33. The van der Waals surface area contributed by atoms with Crippen molar-refractivity contribution < 1.29 is 18.7 Å². The summed E-state index contributed by atoms with van der Waals surface area (Å²) in [6, 6.07) is 4.47. The summed E-state index contributed by atoms with van der Waals surface area (Å²) >= 11 is 6.12. The summed E-state index contributed by atoms with van der Waals surface area (Å²) in [6.07, 6.45) is 1.67. The predicted molar refractivity (Wildman–Crippen MR) is 77.7 cm³/mol. The van der Waals surface area contributed by atoms with Gasteiger partial charge in [0.15, 0.2) is 0 Å². The number of halogens is 2. The van der Waals surface area contributed by atoms with Crippen LogP contribution >= 0.6 is 11.6 Å². The SMILES string of the molecule is COC(=O)CN(Cc1cc(F)ccc1Cl)C1CCOCC1. The summed E-state index contributed by atoms with van der Waals surface area (Å²) in [5.41, 5.74) is 0.673. The summed E-state index contributed by atoms with van der Waals surface area (Å²) in [6.45, 7) is 1.91. The molecule has 1 aromatic rings. The van der Waals surface area contributed by atoms with Crippen LogP contribution in [0.3, 0.4) is 0 Å². The van der Waals surface area contributed by atoms with Crippen molar-refractivity contribution in [2.45, 2.75) is 25.4 Å². The molecular weight excluding hydrogens is 297 g/mol. The van der Waals surface area contributed by atoms with E-state index in [1.807, 2.05) is 4.90 Å². The van der Waals surface area contributed by atoms with Crippen LogP contribution in [0.4, 0.5) is 4.39 Å². The van der Waals surface area contributed by atoms with Gasteiger partial charge in [-0.1, -0.05) is 11.6 Å². The summed E-state index contributed by atoms with van der Waals surface area (Å²) in [5.74, 6) is -0.645. The van der Waals surface area contributed by atoms with E-state index in [-0.39, 0.29) is 24.4 Å². The molecule has 0 bridgehead atoms. The average molecular weight is 316 g/mol. The number of benzene rings is 1. The van der Waals surface area contributed by atoms with Crippen LogP contribution in [0.25, 0.3) is 0 Å². The van der Waals surface area contributed by atoms with E-state index in [9.17, 15) is 9.18 Å². The maximum atomic E-state index is 13.4. The third-order valence-electron chi connectivity index (χ3n) is 3.65. The Bertz CT molecular complexity index is 492. The molecule has 1 heterocycles. The van der Waals surface area contributed by atoms with Gasteiger partial charge < -0.3 is 9.47 Å². The lowest BCUT2D eigenvalue weighted by atomic mass is 10.1. The number of methoxy groups -OCH3 is 1. The third kappa shape index (κ3) is 4.66. The molecule has 4 nitrogen and oxygen atoms in total. The minimum absolute atomic E-state index is 0.161. The minimum Gasteiger partial charge on any atom is -0.468 e. The summed E-state index contributed by atoms with van der Waals surface area (Å²) in [5, 5.41) is 0.498. The summed E-state index contributed by atoms with van der Waals surface area (Å²) < 4.78 is 23.5. The molecule has 0 N–H and O–H groups in total. The van der Waals surface area contributed by atoms with Crippen LogP contribution in [0.1, 0.15) is 18.4 Å². The zero-order chi connectivity index (χ0) is 15.2. The van der Waals surface area contributed by atoms with Crippen LogP contribution < -0.4 is 0 Å². The van der Waals surface area contributed by atoms with Crippen LogP contribution in [0, 0.1) is 5.82 Å². The lowest BCUT2D eigenvalue weighted by Crippen LogP contribution is -2.42. The Morgan fingerprint density at radius 3 is 2.86 bits per heavy atom. The van der Waals surface area contributed by atoms with Gasteiger partial charge in [0.2, 0.25) is 0 Å². The van der Waals surface area contributed by atoms with Gasteiger partial charge in [-0.15, -0.1) is 0 Å². The van der Waals surface area contributed by atoms with E-state index < -0.39 is 0 Å².